The lowest BCUT2D eigenvalue weighted by Crippen LogP contribution is -2.43. The zero-order valence-corrected chi connectivity index (χ0v) is 11.5. The minimum absolute atomic E-state index is 0.153. The maximum Gasteiger partial charge on any atom is 0.328 e. The first-order valence-corrected chi connectivity index (χ1v) is 7.27. The largest absolute Gasteiger partial charge is 0.467 e. The molecule has 1 spiro atoms. The van der Waals surface area contributed by atoms with E-state index >= 15 is 0 Å². The van der Waals surface area contributed by atoms with Crippen LogP contribution < -0.4 is 5.32 Å². The highest BCUT2D eigenvalue weighted by atomic mass is 16.5. The Bertz CT molecular complexity index is 390. The van der Waals surface area contributed by atoms with Crippen LogP contribution in [0.25, 0.3) is 0 Å². The Balaban J connectivity index is 1.66. The van der Waals surface area contributed by atoms with Crippen molar-refractivity contribution in [2.24, 2.45) is 11.3 Å². The third-order valence-corrected chi connectivity index (χ3v) is 5.10. The number of methoxy groups -OCH3 is 1. The van der Waals surface area contributed by atoms with Crippen LogP contribution in [-0.2, 0) is 14.3 Å². The fraction of sp³-hybridized carbons (Fsp3) is 0.857. The van der Waals surface area contributed by atoms with Gasteiger partial charge in [0.15, 0.2) is 0 Å². The molecular weight excluding hydrogens is 244 g/mol. The quantitative estimate of drug-likeness (QED) is 0.741. The summed E-state index contributed by atoms with van der Waals surface area (Å²) in [6.45, 7) is 2.75. The second kappa shape index (κ2) is 4.78. The summed E-state index contributed by atoms with van der Waals surface area (Å²) < 4.78 is 4.81. The zero-order chi connectivity index (χ0) is 13.5. The van der Waals surface area contributed by atoms with Crippen molar-refractivity contribution in [2.75, 3.05) is 26.7 Å². The van der Waals surface area contributed by atoms with Crippen LogP contribution in [0.1, 0.15) is 32.1 Å². The summed E-state index contributed by atoms with van der Waals surface area (Å²) in [5.74, 6) is 0.0838. The number of rotatable bonds is 2. The van der Waals surface area contributed by atoms with Crippen molar-refractivity contribution in [3.8, 4) is 0 Å². The molecule has 0 radical (unpaired) electrons. The molecule has 3 fully saturated rings. The Kier molecular flexibility index (Phi) is 3.25. The molecule has 1 amide bonds. The average molecular weight is 266 g/mol. The van der Waals surface area contributed by atoms with Crippen molar-refractivity contribution in [3.05, 3.63) is 0 Å². The van der Waals surface area contributed by atoms with E-state index in [1.165, 1.54) is 7.11 Å². The number of piperidine rings is 1. The van der Waals surface area contributed by atoms with Gasteiger partial charge in [-0.3, -0.25) is 4.79 Å². The molecule has 0 aromatic heterocycles. The fourth-order valence-electron chi connectivity index (χ4n) is 3.79. The Morgan fingerprint density at radius 1 is 1.32 bits per heavy atom. The molecule has 1 N–H and O–H groups in total. The molecular formula is C14H22N2O3. The van der Waals surface area contributed by atoms with Crippen molar-refractivity contribution in [3.63, 3.8) is 0 Å². The molecule has 2 aliphatic heterocycles. The van der Waals surface area contributed by atoms with Crippen LogP contribution in [0, 0.1) is 11.3 Å². The number of esters is 1. The first-order valence-electron chi connectivity index (χ1n) is 7.27. The van der Waals surface area contributed by atoms with Crippen molar-refractivity contribution in [1.82, 2.24) is 10.2 Å². The van der Waals surface area contributed by atoms with Gasteiger partial charge in [-0.15, -0.1) is 0 Å². The van der Waals surface area contributed by atoms with E-state index < -0.39 is 0 Å². The highest BCUT2D eigenvalue weighted by Crippen LogP contribution is 2.59. The topological polar surface area (TPSA) is 58.6 Å². The SMILES string of the molecule is COC(=O)C1CCCN1C(=O)C1CC12CCNCC2. The van der Waals surface area contributed by atoms with Gasteiger partial charge in [0, 0.05) is 12.5 Å². The van der Waals surface area contributed by atoms with Gasteiger partial charge >= 0.3 is 5.97 Å². The van der Waals surface area contributed by atoms with E-state index in [4.69, 9.17) is 4.74 Å². The van der Waals surface area contributed by atoms with Gasteiger partial charge in [-0.25, -0.2) is 4.79 Å². The Morgan fingerprint density at radius 3 is 2.74 bits per heavy atom. The Morgan fingerprint density at radius 2 is 2.05 bits per heavy atom. The lowest BCUT2D eigenvalue weighted by atomic mass is 9.91. The van der Waals surface area contributed by atoms with Gasteiger partial charge in [-0.1, -0.05) is 0 Å². The standard InChI is InChI=1S/C14H22N2O3/c1-19-13(18)11-3-2-8-16(11)12(17)10-9-14(10)4-6-15-7-5-14/h10-11,15H,2-9H2,1H3. The van der Waals surface area contributed by atoms with Gasteiger partial charge in [0.2, 0.25) is 5.91 Å². The minimum Gasteiger partial charge on any atom is -0.467 e. The number of carbonyl (C=O) groups excluding carboxylic acids is 2. The number of carbonyl (C=O) groups is 2. The van der Waals surface area contributed by atoms with Crippen LogP contribution in [0.15, 0.2) is 0 Å². The van der Waals surface area contributed by atoms with Gasteiger partial charge in [0.05, 0.1) is 7.11 Å². The number of hydrogen-bond donors (Lipinski definition) is 1. The number of amides is 1. The van der Waals surface area contributed by atoms with E-state index in [0.717, 1.165) is 45.2 Å². The van der Waals surface area contributed by atoms with Gasteiger partial charge in [0.1, 0.15) is 6.04 Å². The monoisotopic (exact) mass is 266 g/mol. The van der Waals surface area contributed by atoms with E-state index in [1.54, 1.807) is 4.90 Å². The summed E-state index contributed by atoms with van der Waals surface area (Å²) in [7, 11) is 1.40. The lowest BCUT2D eigenvalue weighted by molar-refractivity contribution is -0.151. The Labute approximate surface area is 113 Å². The average Bonchev–Trinajstić information content (AvgIpc) is 2.91. The lowest BCUT2D eigenvalue weighted by Gasteiger charge is -2.27. The summed E-state index contributed by atoms with van der Waals surface area (Å²) >= 11 is 0. The number of nitrogens with one attached hydrogen (secondary N) is 1. The van der Waals surface area contributed by atoms with Crippen LogP contribution in [-0.4, -0.2) is 49.6 Å². The van der Waals surface area contributed by atoms with E-state index in [0.29, 0.717) is 6.54 Å². The zero-order valence-electron chi connectivity index (χ0n) is 11.5. The molecule has 106 valence electrons. The molecule has 2 atom stereocenters. The van der Waals surface area contributed by atoms with Crippen LogP contribution >= 0.6 is 0 Å². The van der Waals surface area contributed by atoms with E-state index in [-0.39, 0.29) is 29.3 Å². The normalized spacial score (nSPS) is 32.4. The third kappa shape index (κ3) is 2.14. The van der Waals surface area contributed by atoms with Crippen molar-refractivity contribution in [2.45, 2.75) is 38.1 Å². The van der Waals surface area contributed by atoms with Crippen LogP contribution in [0.4, 0.5) is 0 Å². The molecule has 1 aliphatic carbocycles. The molecule has 2 heterocycles. The molecule has 0 aromatic rings. The Hall–Kier alpha value is -1.10. The van der Waals surface area contributed by atoms with Gasteiger partial charge in [0.25, 0.3) is 0 Å². The number of ether oxygens (including phenoxy) is 1. The van der Waals surface area contributed by atoms with Gasteiger partial charge in [-0.05, 0) is 50.6 Å². The highest BCUT2D eigenvalue weighted by Gasteiger charge is 2.59. The minimum atomic E-state index is -0.336. The van der Waals surface area contributed by atoms with Crippen molar-refractivity contribution in [1.29, 1.82) is 0 Å². The van der Waals surface area contributed by atoms with Crippen molar-refractivity contribution >= 4 is 11.9 Å². The van der Waals surface area contributed by atoms with Gasteiger partial charge < -0.3 is 15.0 Å². The number of hydrogen-bond acceptors (Lipinski definition) is 4. The molecule has 2 unspecified atom stereocenters. The van der Waals surface area contributed by atoms with E-state index in [2.05, 4.69) is 5.32 Å². The molecule has 1 saturated carbocycles. The number of nitrogens with zero attached hydrogens (tertiary/aromatic N) is 1. The molecule has 3 rings (SSSR count). The summed E-state index contributed by atoms with van der Waals surface area (Å²) in [6, 6.07) is -0.336. The maximum atomic E-state index is 12.6. The second-order valence-electron chi connectivity index (χ2n) is 6.08. The first kappa shape index (κ1) is 12.9. The predicted molar refractivity (Wildman–Crippen MR) is 69.4 cm³/mol. The smallest absolute Gasteiger partial charge is 0.328 e. The van der Waals surface area contributed by atoms with Crippen LogP contribution in [0.2, 0.25) is 0 Å². The number of likely N-dealkylation sites (tertiary alicyclic amines) is 1. The summed E-state index contributed by atoms with van der Waals surface area (Å²) in [4.78, 5) is 26.1. The third-order valence-electron chi connectivity index (χ3n) is 5.10. The predicted octanol–water partition coefficient (Wildman–Crippen LogP) is 0.540. The fourth-order valence-corrected chi connectivity index (χ4v) is 3.79. The van der Waals surface area contributed by atoms with E-state index in [1.807, 2.05) is 0 Å². The van der Waals surface area contributed by atoms with Crippen LogP contribution in [0.3, 0.4) is 0 Å². The van der Waals surface area contributed by atoms with E-state index in [9.17, 15) is 9.59 Å². The summed E-state index contributed by atoms with van der Waals surface area (Å²) in [5, 5.41) is 3.35. The van der Waals surface area contributed by atoms with Gasteiger partial charge in [-0.2, -0.15) is 0 Å². The summed E-state index contributed by atoms with van der Waals surface area (Å²) in [6.07, 6.45) is 4.87. The molecule has 0 aromatic carbocycles. The molecule has 2 saturated heterocycles. The van der Waals surface area contributed by atoms with Crippen molar-refractivity contribution < 1.29 is 14.3 Å². The molecule has 3 aliphatic rings. The first-order chi connectivity index (χ1) is 9.18. The second-order valence-corrected chi connectivity index (χ2v) is 6.08. The molecule has 5 nitrogen and oxygen atoms in total. The van der Waals surface area contributed by atoms with Crippen LogP contribution in [0.5, 0.6) is 0 Å². The highest BCUT2D eigenvalue weighted by molar-refractivity contribution is 5.88. The molecule has 5 heteroatoms. The molecule has 0 bridgehead atoms. The molecule has 19 heavy (non-hydrogen) atoms. The maximum absolute atomic E-state index is 12.6. The summed E-state index contributed by atoms with van der Waals surface area (Å²) in [5.41, 5.74) is 0.242.